The van der Waals surface area contributed by atoms with Crippen LogP contribution in [0, 0.1) is 10.1 Å². The molecule has 1 aliphatic heterocycles. The molecule has 0 radical (unpaired) electrons. The maximum Gasteiger partial charge on any atom is 0.514 e. The van der Waals surface area contributed by atoms with Crippen molar-refractivity contribution in [2.24, 2.45) is 0 Å². The number of nitrogens with zero attached hydrogens (tertiary/aromatic N) is 2. The number of likely N-dealkylation sites (tertiary alicyclic amines) is 1. The smallest absolute Gasteiger partial charge is 0.429 e. The molecule has 0 N–H and O–H groups in total. The van der Waals surface area contributed by atoms with Crippen LogP contribution >= 0.6 is 0 Å². The fraction of sp³-hybridized carbons (Fsp3) is 0.462. The molecule has 0 amide bonds. The molecule has 1 saturated heterocycles. The Balaban J connectivity index is 1.86. The Morgan fingerprint density at radius 3 is 2.70 bits per heavy atom. The van der Waals surface area contributed by atoms with Gasteiger partial charge in [0.1, 0.15) is 11.9 Å². The number of hydrogen-bond acceptors (Lipinski definition) is 6. The fourth-order valence-corrected chi connectivity index (χ4v) is 2.11. The third-order valence-corrected chi connectivity index (χ3v) is 3.09. The number of carbonyl (C=O) groups is 1. The SMILES string of the molecule is CN1CCCC(OC(=O)Oc2ccc([N+](=O)[O-])cc2)C1. The molecule has 2 rings (SSSR count). The molecular weight excluding hydrogens is 264 g/mol. The summed E-state index contributed by atoms with van der Waals surface area (Å²) in [6.07, 6.45) is 0.851. The second kappa shape index (κ2) is 6.33. The molecule has 1 heterocycles. The minimum absolute atomic E-state index is 0.0559. The predicted octanol–water partition coefficient (Wildman–Crippen LogP) is 2.20. The molecule has 0 bridgehead atoms. The monoisotopic (exact) mass is 280 g/mol. The number of likely N-dealkylation sites (N-methyl/N-ethyl adjacent to an activating group) is 1. The number of hydrogen-bond donors (Lipinski definition) is 0. The van der Waals surface area contributed by atoms with Crippen LogP contribution in [0.5, 0.6) is 5.75 Å². The first-order valence-electron chi connectivity index (χ1n) is 6.36. The van der Waals surface area contributed by atoms with E-state index in [0.717, 1.165) is 19.4 Å². The van der Waals surface area contributed by atoms with Gasteiger partial charge in [0.05, 0.1) is 4.92 Å². The van der Waals surface area contributed by atoms with Gasteiger partial charge in [-0.05, 0) is 38.6 Å². The molecule has 0 saturated carbocycles. The summed E-state index contributed by atoms with van der Waals surface area (Å²) < 4.78 is 10.2. The third kappa shape index (κ3) is 3.92. The lowest BCUT2D eigenvalue weighted by atomic mass is 10.1. The van der Waals surface area contributed by atoms with E-state index in [-0.39, 0.29) is 17.5 Å². The van der Waals surface area contributed by atoms with Gasteiger partial charge in [-0.2, -0.15) is 0 Å². The largest absolute Gasteiger partial charge is 0.514 e. The van der Waals surface area contributed by atoms with E-state index in [9.17, 15) is 14.9 Å². The molecule has 1 fully saturated rings. The van der Waals surface area contributed by atoms with Gasteiger partial charge in [-0.15, -0.1) is 0 Å². The highest BCUT2D eigenvalue weighted by Gasteiger charge is 2.21. The van der Waals surface area contributed by atoms with Gasteiger partial charge in [-0.25, -0.2) is 4.79 Å². The fourth-order valence-electron chi connectivity index (χ4n) is 2.11. The molecule has 1 aromatic carbocycles. The maximum absolute atomic E-state index is 11.6. The first-order chi connectivity index (χ1) is 9.54. The number of non-ortho nitro benzene ring substituents is 1. The zero-order chi connectivity index (χ0) is 14.5. The van der Waals surface area contributed by atoms with Crippen molar-refractivity contribution in [1.29, 1.82) is 0 Å². The van der Waals surface area contributed by atoms with E-state index in [4.69, 9.17) is 9.47 Å². The first-order valence-corrected chi connectivity index (χ1v) is 6.36. The van der Waals surface area contributed by atoms with Gasteiger partial charge < -0.3 is 14.4 Å². The molecule has 108 valence electrons. The molecule has 0 spiro atoms. The Hall–Kier alpha value is -2.15. The molecule has 0 aliphatic carbocycles. The van der Waals surface area contributed by atoms with Crippen LogP contribution in [-0.4, -0.2) is 42.2 Å². The molecule has 7 nitrogen and oxygen atoms in total. The molecular formula is C13H16N2O5. The van der Waals surface area contributed by atoms with E-state index < -0.39 is 11.1 Å². The van der Waals surface area contributed by atoms with Crippen molar-refractivity contribution in [1.82, 2.24) is 4.90 Å². The molecule has 1 unspecified atom stereocenters. The van der Waals surface area contributed by atoms with Gasteiger partial charge in [0.2, 0.25) is 0 Å². The lowest BCUT2D eigenvalue weighted by Crippen LogP contribution is -2.38. The van der Waals surface area contributed by atoms with Gasteiger partial charge in [0.25, 0.3) is 5.69 Å². The van der Waals surface area contributed by atoms with Crippen LogP contribution in [0.1, 0.15) is 12.8 Å². The average molecular weight is 280 g/mol. The number of rotatable bonds is 3. The van der Waals surface area contributed by atoms with Crippen molar-refractivity contribution >= 4 is 11.8 Å². The number of ether oxygens (including phenoxy) is 2. The third-order valence-electron chi connectivity index (χ3n) is 3.09. The number of piperidine rings is 1. The summed E-state index contributed by atoms with van der Waals surface area (Å²) in [6, 6.07) is 5.28. The molecule has 0 aromatic heterocycles. The van der Waals surface area contributed by atoms with Gasteiger partial charge in [0, 0.05) is 18.7 Å². The van der Waals surface area contributed by atoms with Crippen molar-refractivity contribution < 1.29 is 19.2 Å². The van der Waals surface area contributed by atoms with Gasteiger partial charge in [0.15, 0.2) is 0 Å². The van der Waals surface area contributed by atoms with Gasteiger partial charge in [-0.1, -0.05) is 0 Å². The standard InChI is InChI=1S/C13H16N2O5/c1-14-8-2-3-12(9-14)20-13(16)19-11-6-4-10(5-7-11)15(17)18/h4-7,12H,2-3,8-9H2,1H3. The van der Waals surface area contributed by atoms with Crippen LogP contribution < -0.4 is 4.74 Å². The zero-order valence-electron chi connectivity index (χ0n) is 11.2. The molecule has 1 aliphatic rings. The Morgan fingerprint density at radius 2 is 2.10 bits per heavy atom. The summed E-state index contributed by atoms with van der Waals surface area (Å²) in [5, 5.41) is 10.5. The summed E-state index contributed by atoms with van der Waals surface area (Å²) in [5.41, 5.74) is -0.0559. The van der Waals surface area contributed by atoms with Crippen molar-refractivity contribution in [3.63, 3.8) is 0 Å². The topological polar surface area (TPSA) is 81.9 Å². The molecule has 1 aromatic rings. The lowest BCUT2D eigenvalue weighted by molar-refractivity contribution is -0.384. The lowest BCUT2D eigenvalue weighted by Gasteiger charge is -2.28. The second-order valence-electron chi connectivity index (χ2n) is 4.75. The summed E-state index contributed by atoms with van der Waals surface area (Å²) in [4.78, 5) is 23.7. The van der Waals surface area contributed by atoms with Crippen molar-refractivity contribution in [2.45, 2.75) is 18.9 Å². The number of benzene rings is 1. The quantitative estimate of drug-likeness (QED) is 0.365. The van der Waals surface area contributed by atoms with Crippen LogP contribution in [-0.2, 0) is 4.74 Å². The van der Waals surface area contributed by atoms with Crippen LogP contribution in [0.15, 0.2) is 24.3 Å². The van der Waals surface area contributed by atoms with Crippen LogP contribution in [0.4, 0.5) is 10.5 Å². The molecule has 20 heavy (non-hydrogen) atoms. The number of nitro groups is 1. The Labute approximate surface area is 116 Å². The van der Waals surface area contributed by atoms with Crippen molar-refractivity contribution in [3.8, 4) is 5.75 Å². The summed E-state index contributed by atoms with van der Waals surface area (Å²) in [6.45, 7) is 1.69. The second-order valence-corrected chi connectivity index (χ2v) is 4.75. The number of nitro benzene ring substituents is 1. The van der Waals surface area contributed by atoms with E-state index in [0.29, 0.717) is 6.54 Å². The minimum atomic E-state index is -0.779. The Morgan fingerprint density at radius 1 is 1.40 bits per heavy atom. The first kappa shape index (κ1) is 14.3. The van der Waals surface area contributed by atoms with Crippen molar-refractivity contribution in [3.05, 3.63) is 34.4 Å². The summed E-state index contributed by atoms with van der Waals surface area (Å²) in [5.74, 6) is 0.227. The Bertz CT molecular complexity index is 488. The summed E-state index contributed by atoms with van der Waals surface area (Å²) in [7, 11) is 1.97. The normalized spacial score (nSPS) is 19.4. The van der Waals surface area contributed by atoms with Crippen molar-refractivity contribution in [2.75, 3.05) is 20.1 Å². The van der Waals surface area contributed by atoms with E-state index in [2.05, 4.69) is 4.90 Å². The van der Waals surface area contributed by atoms with Gasteiger partial charge in [-0.3, -0.25) is 10.1 Å². The minimum Gasteiger partial charge on any atom is -0.429 e. The van der Waals surface area contributed by atoms with E-state index in [1.54, 1.807) is 0 Å². The van der Waals surface area contributed by atoms with E-state index >= 15 is 0 Å². The van der Waals surface area contributed by atoms with Crippen LogP contribution in [0.3, 0.4) is 0 Å². The number of carbonyl (C=O) groups excluding carboxylic acids is 1. The Kier molecular flexibility index (Phi) is 4.52. The summed E-state index contributed by atoms with van der Waals surface area (Å²) >= 11 is 0. The highest BCUT2D eigenvalue weighted by Crippen LogP contribution is 2.18. The van der Waals surface area contributed by atoms with Crippen LogP contribution in [0.2, 0.25) is 0 Å². The highest BCUT2D eigenvalue weighted by atomic mass is 16.7. The molecule has 1 atom stereocenters. The molecule has 7 heteroatoms. The maximum atomic E-state index is 11.6. The van der Waals surface area contributed by atoms with E-state index in [1.807, 2.05) is 7.05 Å². The highest BCUT2D eigenvalue weighted by molar-refractivity contribution is 5.64. The van der Waals surface area contributed by atoms with Gasteiger partial charge >= 0.3 is 6.16 Å². The zero-order valence-corrected chi connectivity index (χ0v) is 11.2. The van der Waals surface area contributed by atoms with E-state index in [1.165, 1.54) is 24.3 Å². The predicted molar refractivity (Wildman–Crippen MR) is 70.7 cm³/mol. The average Bonchev–Trinajstić information content (AvgIpc) is 2.39. The van der Waals surface area contributed by atoms with Crippen LogP contribution in [0.25, 0.3) is 0 Å².